The number of aliphatic hydroxyl groups is 1. The first-order valence-corrected chi connectivity index (χ1v) is 6.92. The van der Waals surface area contributed by atoms with Crippen LogP contribution >= 0.6 is 0 Å². The van der Waals surface area contributed by atoms with E-state index in [-0.39, 0.29) is 0 Å². The molecule has 2 nitrogen and oxygen atoms in total. The van der Waals surface area contributed by atoms with Gasteiger partial charge in [0.05, 0.1) is 12.7 Å². The van der Waals surface area contributed by atoms with Gasteiger partial charge in [-0.3, -0.25) is 0 Å². The molecule has 2 rings (SSSR count). The smallest absolute Gasteiger partial charge is 0.119 e. The molecule has 0 saturated heterocycles. The van der Waals surface area contributed by atoms with Gasteiger partial charge in [0.1, 0.15) is 5.75 Å². The van der Waals surface area contributed by atoms with Gasteiger partial charge in [0.15, 0.2) is 0 Å². The Kier molecular flexibility index (Phi) is 3.96. The Hall–Kier alpha value is -1.02. The van der Waals surface area contributed by atoms with Gasteiger partial charge in [-0.2, -0.15) is 0 Å². The molecule has 0 spiro atoms. The molecule has 1 aliphatic carbocycles. The number of hydrogen-bond donors (Lipinski definition) is 1. The molecule has 0 amide bonds. The van der Waals surface area contributed by atoms with E-state index in [2.05, 4.69) is 13.8 Å². The minimum absolute atomic E-state index is 0.620. The molecule has 0 radical (unpaired) electrons. The van der Waals surface area contributed by atoms with E-state index >= 15 is 0 Å². The van der Waals surface area contributed by atoms with E-state index in [0.29, 0.717) is 11.8 Å². The van der Waals surface area contributed by atoms with Crippen molar-refractivity contribution in [2.24, 2.45) is 11.8 Å². The highest BCUT2D eigenvalue weighted by molar-refractivity contribution is 5.32. The fraction of sp³-hybridized carbons (Fsp3) is 0.625. The van der Waals surface area contributed by atoms with Crippen LogP contribution in [0.25, 0.3) is 0 Å². The molecule has 0 aromatic heterocycles. The van der Waals surface area contributed by atoms with E-state index in [1.807, 2.05) is 24.3 Å². The standard InChI is InChI=1S/C16H24O2/c1-12(2)13-6-5-9-16(17,11-13)14-7-4-8-15(10-14)18-3/h4,7-8,10,12-13,17H,5-6,9,11H2,1-3H3. The second kappa shape index (κ2) is 5.31. The zero-order valence-corrected chi connectivity index (χ0v) is 11.6. The van der Waals surface area contributed by atoms with E-state index in [9.17, 15) is 5.11 Å². The van der Waals surface area contributed by atoms with Gasteiger partial charge >= 0.3 is 0 Å². The Balaban J connectivity index is 2.23. The van der Waals surface area contributed by atoms with E-state index in [4.69, 9.17) is 4.74 Å². The lowest BCUT2D eigenvalue weighted by Crippen LogP contribution is -2.34. The molecule has 1 aromatic rings. The predicted molar refractivity (Wildman–Crippen MR) is 73.7 cm³/mol. The Morgan fingerprint density at radius 3 is 2.83 bits per heavy atom. The maximum Gasteiger partial charge on any atom is 0.119 e. The van der Waals surface area contributed by atoms with Gasteiger partial charge < -0.3 is 9.84 Å². The molecule has 1 saturated carbocycles. The molecule has 0 aliphatic heterocycles. The summed E-state index contributed by atoms with van der Waals surface area (Å²) in [5.41, 5.74) is 0.342. The van der Waals surface area contributed by atoms with Crippen molar-refractivity contribution in [2.45, 2.75) is 45.1 Å². The number of rotatable bonds is 3. The Labute approximate surface area is 110 Å². The van der Waals surface area contributed by atoms with Crippen LogP contribution in [0.15, 0.2) is 24.3 Å². The summed E-state index contributed by atoms with van der Waals surface area (Å²) in [5.74, 6) is 2.09. The molecule has 0 bridgehead atoms. The van der Waals surface area contributed by atoms with Crippen molar-refractivity contribution in [1.82, 2.24) is 0 Å². The third-order valence-electron chi connectivity index (χ3n) is 4.32. The van der Waals surface area contributed by atoms with Gasteiger partial charge in [-0.25, -0.2) is 0 Å². The largest absolute Gasteiger partial charge is 0.497 e. The highest BCUT2D eigenvalue weighted by atomic mass is 16.5. The Morgan fingerprint density at radius 2 is 2.17 bits per heavy atom. The first kappa shape index (κ1) is 13.4. The number of hydrogen-bond acceptors (Lipinski definition) is 2. The van der Waals surface area contributed by atoms with Crippen molar-refractivity contribution in [2.75, 3.05) is 7.11 Å². The molecule has 100 valence electrons. The van der Waals surface area contributed by atoms with Gasteiger partial charge in [-0.1, -0.05) is 26.0 Å². The normalized spacial score (nSPS) is 28.4. The quantitative estimate of drug-likeness (QED) is 0.883. The van der Waals surface area contributed by atoms with Crippen LogP contribution in [0.4, 0.5) is 0 Å². The van der Waals surface area contributed by atoms with Crippen LogP contribution in [0.3, 0.4) is 0 Å². The average molecular weight is 248 g/mol. The summed E-state index contributed by atoms with van der Waals surface area (Å²) in [6.07, 6.45) is 4.09. The van der Waals surface area contributed by atoms with Gasteiger partial charge in [-0.05, 0) is 55.2 Å². The zero-order valence-electron chi connectivity index (χ0n) is 11.6. The third kappa shape index (κ3) is 2.69. The van der Waals surface area contributed by atoms with Crippen LogP contribution in [0, 0.1) is 11.8 Å². The average Bonchev–Trinajstić information content (AvgIpc) is 2.39. The van der Waals surface area contributed by atoms with Gasteiger partial charge in [0.2, 0.25) is 0 Å². The van der Waals surface area contributed by atoms with Gasteiger partial charge in [0.25, 0.3) is 0 Å². The highest BCUT2D eigenvalue weighted by Crippen LogP contribution is 2.43. The number of methoxy groups -OCH3 is 1. The summed E-state index contributed by atoms with van der Waals surface area (Å²) in [4.78, 5) is 0. The second-order valence-electron chi connectivity index (χ2n) is 5.86. The fourth-order valence-corrected chi connectivity index (χ4v) is 3.04. The van der Waals surface area contributed by atoms with Gasteiger partial charge in [-0.15, -0.1) is 0 Å². The minimum atomic E-state index is -0.665. The van der Waals surface area contributed by atoms with Crippen LogP contribution in [0.5, 0.6) is 5.75 Å². The van der Waals surface area contributed by atoms with Crippen molar-refractivity contribution in [3.05, 3.63) is 29.8 Å². The van der Waals surface area contributed by atoms with Crippen LogP contribution in [0.1, 0.15) is 45.1 Å². The lowest BCUT2D eigenvalue weighted by atomic mass is 9.71. The topological polar surface area (TPSA) is 29.5 Å². The summed E-state index contributed by atoms with van der Waals surface area (Å²) >= 11 is 0. The first-order valence-electron chi connectivity index (χ1n) is 6.92. The molecule has 0 heterocycles. The third-order valence-corrected chi connectivity index (χ3v) is 4.32. The Morgan fingerprint density at radius 1 is 1.39 bits per heavy atom. The lowest BCUT2D eigenvalue weighted by molar-refractivity contribution is -0.0296. The van der Waals surface area contributed by atoms with E-state index in [1.165, 1.54) is 6.42 Å². The van der Waals surface area contributed by atoms with Crippen LogP contribution in [-0.4, -0.2) is 12.2 Å². The van der Waals surface area contributed by atoms with E-state index in [1.54, 1.807) is 7.11 Å². The minimum Gasteiger partial charge on any atom is -0.497 e. The second-order valence-corrected chi connectivity index (χ2v) is 5.86. The summed E-state index contributed by atoms with van der Waals surface area (Å²) in [7, 11) is 1.67. The summed E-state index contributed by atoms with van der Waals surface area (Å²) in [6.45, 7) is 4.50. The van der Waals surface area contributed by atoms with E-state index < -0.39 is 5.60 Å². The maximum atomic E-state index is 10.9. The number of ether oxygens (including phenoxy) is 1. The predicted octanol–water partition coefficient (Wildman–Crippen LogP) is 3.73. The summed E-state index contributed by atoms with van der Waals surface area (Å²) < 4.78 is 5.25. The van der Waals surface area contributed by atoms with Crippen LogP contribution in [0.2, 0.25) is 0 Å². The van der Waals surface area contributed by atoms with Crippen LogP contribution in [-0.2, 0) is 5.60 Å². The van der Waals surface area contributed by atoms with Crippen LogP contribution < -0.4 is 4.74 Å². The van der Waals surface area contributed by atoms with Crippen molar-refractivity contribution < 1.29 is 9.84 Å². The fourth-order valence-electron chi connectivity index (χ4n) is 3.04. The maximum absolute atomic E-state index is 10.9. The summed E-state index contributed by atoms with van der Waals surface area (Å²) in [5, 5.41) is 10.9. The molecular weight excluding hydrogens is 224 g/mol. The molecule has 1 aliphatic rings. The molecule has 2 unspecified atom stereocenters. The molecule has 1 fully saturated rings. The molecule has 1 aromatic carbocycles. The monoisotopic (exact) mass is 248 g/mol. The zero-order chi connectivity index (χ0) is 13.2. The molecule has 18 heavy (non-hydrogen) atoms. The Bertz CT molecular complexity index is 400. The highest BCUT2D eigenvalue weighted by Gasteiger charge is 2.36. The van der Waals surface area contributed by atoms with Crippen molar-refractivity contribution in [3.8, 4) is 5.75 Å². The molecular formula is C16H24O2. The first-order chi connectivity index (χ1) is 8.55. The molecule has 2 heteroatoms. The summed E-state index contributed by atoms with van der Waals surface area (Å²) in [6, 6.07) is 7.88. The van der Waals surface area contributed by atoms with Crippen molar-refractivity contribution >= 4 is 0 Å². The molecule has 2 atom stereocenters. The SMILES string of the molecule is COc1cccc(C2(O)CCCC(C(C)C)C2)c1. The molecule has 1 N–H and O–H groups in total. The van der Waals surface area contributed by atoms with Gasteiger partial charge in [0, 0.05) is 0 Å². The van der Waals surface area contributed by atoms with E-state index in [0.717, 1.165) is 30.6 Å². The lowest BCUT2D eigenvalue weighted by Gasteiger charge is -2.39. The number of benzene rings is 1. The van der Waals surface area contributed by atoms with Crippen molar-refractivity contribution in [3.63, 3.8) is 0 Å². The van der Waals surface area contributed by atoms with Crippen molar-refractivity contribution in [1.29, 1.82) is 0 Å².